The minimum Gasteiger partial charge on any atom is -0.484 e. The molecule has 0 fully saturated rings. The lowest BCUT2D eigenvalue weighted by molar-refractivity contribution is 0.241. The first-order chi connectivity index (χ1) is 9.82. The van der Waals surface area contributed by atoms with Crippen LogP contribution in [-0.4, -0.2) is 15.7 Å². The van der Waals surface area contributed by atoms with Crippen LogP contribution >= 0.6 is 0 Å². The average molecular weight is 293 g/mol. The molecule has 1 aromatic heterocycles. The Balaban J connectivity index is 2.01. The van der Waals surface area contributed by atoms with Crippen LogP contribution in [-0.2, 0) is 13.2 Å². The topological polar surface area (TPSA) is 60.2 Å². The van der Waals surface area contributed by atoms with E-state index in [1.165, 1.54) is 12.1 Å². The largest absolute Gasteiger partial charge is 0.484 e. The molecule has 0 radical (unpaired) electrons. The van der Waals surface area contributed by atoms with Crippen molar-refractivity contribution in [1.29, 1.82) is 0 Å². The van der Waals surface area contributed by atoms with Crippen LogP contribution in [0.2, 0.25) is 0 Å². The molecule has 0 bridgehead atoms. The highest BCUT2D eigenvalue weighted by Crippen LogP contribution is 2.18. The molecule has 2 aromatic rings. The first-order valence-electron chi connectivity index (χ1n) is 6.78. The zero-order valence-corrected chi connectivity index (χ0v) is 12.7. The lowest BCUT2D eigenvalue weighted by Crippen LogP contribution is -2.35. The van der Waals surface area contributed by atoms with E-state index in [2.05, 4.69) is 36.2 Å². The van der Waals surface area contributed by atoms with Gasteiger partial charge in [-0.1, -0.05) is 5.16 Å². The van der Waals surface area contributed by atoms with Crippen molar-refractivity contribution in [2.24, 2.45) is 0 Å². The van der Waals surface area contributed by atoms with Crippen molar-refractivity contribution in [3.05, 3.63) is 41.3 Å². The third-order valence-electron chi connectivity index (χ3n) is 2.69. The predicted molar refractivity (Wildman–Crippen MR) is 76.4 cm³/mol. The number of ether oxygens (including phenoxy) is 1. The van der Waals surface area contributed by atoms with Gasteiger partial charge in [0.05, 0.1) is 0 Å². The van der Waals surface area contributed by atoms with Crippen molar-refractivity contribution >= 4 is 0 Å². The second-order valence-electron chi connectivity index (χ2n) is 5.92. The molecule has 2 rings (SSSR count). The highest BCUT2D eigenvalue weighted by molar-refractivity contribution is 5.29. The van der Waals surface area contributed by atoms with E-state index in [4.69, 9.17) is 9.26 Å². The fourth-order valence-corrected chi connectivity index (χ4v) is 1.72. The quantitative estimate of drug-likeness (QED) is 0.918. The SMILES string of the molecule is Cc1noc(COc2cc(F)cc(CNC(C)(C)C)c2)n1. The highest BCUT2D eigenvalue weighted by atomic mass is 19.1. The summed E-state index contributed by atoms with van der Waals surface area (Å²) in [6.45, 7) is 8.59. The van der Waals surface area contributed by atoms with E-state index in [1.807, 2.05) is 0 Å². The average Bonchev–Trinajstić information content (AvgIpc) is 2.79. The Hall–Kier alpha value is -1.95. The molecule has 1 heterocycles. The van der Waals surface area contributed by atoms with E-state index in [1.54, 1.807) is 13.0 Å². The number of benzene rings is 1. The third kappa shape index (κ3) is 5.15. The summed E-state index contributed by atoms with van der Waals surface area (Å²) in [6.07, 6.45) is 0. The van der Waals surface area contributed by atoms with Crippen LogP contribution in [0.1, 0.15) is 38.0 Å². The summed E-state index contributed by atoms with van der Waals surface area (Å²) < 4.78 is 24.1. The Morgan fingerprint density at radius 2 is 2.05 bits per heavy atom. The Kier molecular flexibility index (Phi) is 4.57. The summed E-state index contributed by atoms with van der Waals surface area (Å²) in [5, 5.41) is 6.98. The molecule has 6 heteroatoms. The summed E-state index contributed by atoms with van der Waals surface area (Å²) in [5.41, 5.74) is 0.788. The number of hydrogen-bond donors (Lipinski definition) is 1. The van der Waals surface area contributed by atoms with E-state index in [-0.39, 0.29) is 18.0 Å². The van der Waals surface area contributed by atoms with E-state index in [9.17, 15) is 4.39 Å². The molecular weight excluding hydrogens is 273 g/mol. The molecule has 0 saturated carbocycles. The van der Waals surface area contributed by atoms with Crippen LogP contribution in [0.15, 0.2) is 22.7 Å². The number of hydrogen-bond acceptors (Lipinski definition) is 5. The molecule has 114 valence electrons. The molecule has 1 N–H and O–H groups in total. The lowest BCUT2D eigenvalue weighted by atomic mass is 10.1. The monoisotopic (exact) mass is 293 g/mol. The van der Waals surface area contributed by atoms with Gasteiger partial charge in [-0.2, -0.15) is 4.98 Å². The van der Waals surface area contributed by atoms with Gasteiger partial charge in [0.15, 0.2) is 12.4 Å². The maximum atomic E-state index is 13.6. The van der Waals surface area contributed by atoms with Gasteiger partial charge in [0.1, 0.15) is 11.6 Å². The number of aryl methyl sites for hydroxylation is 1. The molecule has 21 heavy (non-hydrogen) atoms. The Bertz CT molecular complexity index is 605. The van der Waals surface area contributed by atoms with Gasteiger partial charge in [0.2, 0.25) is 0 Å². The maximum Gasteiger partial charge on any atom is 0.264 e. The number of nitrogens with one attached hydrogen (secondary N) is 1. The third-order valence-corrected chi connectivity index (χ3v) is 2.69. The fraction of sp³-hybridized carbons (Fsp3) is 0.467. The second-order valence-corrected chi connectivity index (χ2v) is 5.92. The molecule has 0 spiro atoms. The molecule has 1 aromatic carbocycles. The van der Waals surface area contributed by atoms with Crippen molar-refractivity contribution < 1.29 is 13.7 Å². The van der Waals surface area contributed by atoms with E-state index >= 15 is 0 Å². The van der Waals surface area contributed by atoms with Crippen LogP contribution < -0.4 is 10.1 Å². The van der Waals surface area contributed by atoms with E-state index in [0.717, 1.165) is 5.56 Å². The fourth-order valence-electron chi connectivity index (χ4n) is 1.72. The van der Waals surface area contributed by atoms with Crippen molar-refractivity contribution in [1.82, 2.24) is 15.5 Å². The van der Waals surface area contributed by atoms with Crippen LogP contribution in [0.4, 0.5) is 4.39 Å². The summed E-state index contributed by atoms with van der Waals surface area (Å²) >= 11 is 0. The molecule has 0 unspecified atom stereocenters. The molecule has 0 aliphatic carbocycles. The Morgan fingerprint density at radius 1 is 1.29 bits per heavy atom. The summed E-state index contributed by atoms with van der Waals surface area (Å²) in [6, 6.07) is 4.62. The molecular formula is C15H20FN3O2. The summed E-state index contributed by atoms with van der Waals surface area (Å²) in [7, 11) is 0. The van der Waals surface area contributed by atoms with Gasteiger partial charge in [-0.3, -0.25) is 0 Å². The van der Waals surface area contributed by atoms with Gasteiger partial charge in [-0.05, 0) is 45.4 Å². The van der Waals surface area contributed by atoms with Gasteiger partial charge in [-0.25, -0.2) is 4.39 Å². The standard InChI is InChI=1S/C15H20FN3O2/c1-10-18-14(21-19-10)9-20-13-6-11(5-12(16)7-13)8-17-15(2,3)4/h5-7,17H,8-9H2,1-4H3. The maximum absolute atomic E-state index is 13.6. The smallest absolute Gasteiger partial charge is 0.264 e. The van der Waals surface area contributed by atoms with E-state index < -0.39 is 0 Å². The first-order valence-corrected chi connectivity index (χ1v) is 6.78. The van der Waals surface area contributed by atoms with Crippen molar-refractivity contribution in [2.75, 3.05) is 0 Å². The van der Waals surface area contributed by atoms with Crippen LogP contribution in [0.5, 0.6) is 5.75 Å². The number of halogens is 1. The number of rotatable bonds is 5. The molecule has 0 amide bonds. The zero-order valence-electron chi connectivity index (χ0n) is 12.7. The lowest BCUT2D eigenvalue weighted by Gasteiger charge is -2.20. The molecule has 0 saturated heterocycles. The molecule has 5 nitrogen and oxygen atoms in total. The van der Waals surface area contributed by atoms with Crippen molar-refractivity contribution in [2.45, 2.75) is 46.4 Å². The van der Waals surface area contributed by atoms with Gasteiger partial charge in [0.25, 0.3) is 5.89 Å². The van der Waals surface area contributed by atoms with Crippen molar-refractivity contribution in [3.63, 3.8) is 0 Å². The summed E-state index contributed by atoms with van der Waals surface area (Å²) in [4.78, 5) is 4.03. The zero-order chi connectivity index (χ0) is 15.5. The molecule has 0 aliphatic heterocycles. The Labute approximate surface area is 123 Å². The minimum atomic E-state index is -0.333. The van der Waals surface area contributed by atoms with Crippen LogP contribution in [0.25, 0.3) is 0 Å². The normalized spacial score (nSPS) is 11.7. The number of aromatic nitrogens is 2. The van der Waals surface area contributed by atoms with Gasteiger partial charge >= 0.3 is 0 Å². The molecule has 0 aliphatic rings. The van der Waals surface area contributed by atoms with Crippen molar-refractivity contribution in [3.8, 4) is 5.75 Å². The predicted octanol–water partition coefficient (Wildman–Crippen LogP) is 2.98. The minimum absolute atomic E-state index is 0.0331. The number of nitrogens with zero attached hydrogens (tertiary/aromatic N) is 2. The van der Waals surface area contributed by atoms with Gasteiger partial charge in [0, 0.05) is 18.2 Å². The highest BCUT2D eigenvalue weighted by Gasteiger charge is 2.10. The van der Waals surface area contributed by atoms with Gasteiger partial charge < -0.3 is 14.6 Å². The van der Waals surface area contributed by atoms with E-state index in [0.29, 0.717) is 24.0 Å². The summed E-state index contributed by atoms with van der Waals surface area (Å²) in [5.74, 6) is 1.02. The van der Waals surface area contributed by atoms with Gasteiger partial charge in [-0.15, -0.1) is 0 Å². The Morgan fingerprint density at radius 3 is 2.67 bits per heavy atom. The van der Waals surface area contributed by atoms with Crippen LogP contribution in [0.3, 0.4) is 0 Å². The van der Waals surface area contributed by atoms with Crippen LogP contribution in [0, 0.1) is 12.7 Å². The first kappa shape index (κ1) is 15.4. The second kappa shape index (κ2) is 6.22. The molecule has 0 atom stereocenters.